The molecule has 0 saturated heterocycles. The van der Waals surface area contributed by atoms with Crippen LogP contribution in [0, 0.1) is 18.6 Å². The summed E-state index contributed by atoms with van der Waals surface area (Å²) >= 11 is 0. The van der Waals surface area contributed by atoms with Gasteiger partial charge in [-0.3, -0.25) is 4.79 Å². The number of rotatable bonds is 4. The normalized spacial score (nSPS) is 10.5. The number of halogens is 2. The van der Waals surface area contributed by atoms with Gasteiger partial charge in [0.15, 0.2) is 11.5 Å². The number of hydrogen-bond donors (Lipinski definition) is 1. The number of para-hydroxylation sites is 1. The third-order valence-corrected chi connectivity index (χ3v) is 3.07. The number of benzene rings is 2. The van der Waals surface area contributed by atoms with Crippen molar-refractivity contribution in [2.75, 3.05) is 12.3 Å². The van der Waals surface area contributed by atoms with Crippen molar-refractivity contribution >= 4 is 11.5 Å². The van der Waals surface area contributed by atoms with Crippen LogP contribution in [0.3, 0.4) is 0 Å². The van der Waals surface area contributed by atoms with E-state index in [1.54, 1.807) is 19.1 Å². The smallest absolute Gasteiger partial charge is 0.199 e. The van der Waals surface area contributed by atoms with Crippen molar-refractivity contribution in [2.45, 2.75) is 13.8 Å². The van der Waals surface area contributed by atoms with Crippen LogP contribution in [0.15, 0.2) is 30.3 Å². The number of ether oxygens (including phenoxy) is 1. The fraction of sp³-hybridized carbons (Fsp3) is 0.188. The molecule has 5 heteroatoms. The topological polar surface area (TPSA) is 52.3 Å². The first kappa shape index (κ1) is 15.0. The molecule has 0 aromatic heterocycles. The van der Waals surface area contributed by atoms with Crippen molar-refractivity contribution in [3.8, 4) is 5.75 Å². The van der Waals surface area contributed by atoms with Crippen molar-refractivity contribution in [2.24, 2.45) is 0 Å². The van der Waals surface area contributed by atoms with E-state index in [0.717, 1.165) is 12.1 Å². The molecular formula is C16H15F2NO2. The molecule has 0 unspecified atom stereocenters. The van der Waals surface area contributed by atoms with E-state index in [2.05, 4.69) is 0 Å². The number of ketones is 1. The van der Waals surface area contributed by atoms with Crippen LogP contribution in [0.1, 0.15) is 28.4 Å². The van der Waals surface area contributed by atoms with Gasteiger partial charge in [-0.1, -0.05) is 6.07 Å². The Morgan fingerprint density at radius 1 is 1.19 bits per heavy atom. The highest BCUT2D eigenvalue weighted by atomic mass is 19.1. The summed E-state index contributed by atoms with van der Waals surface area (Å²) in [6.45, 7) is 3.48. The Morgan fingerprint density at radius 2 is 1.90 bits per heavy atom. The molecule has 0 spiro atoms. The second-order valence-electron chi connectivity index (χ2n) is 4.57. The SMILES string of the molecule is CCOc1c(N)cccc1C(=O)c1cc(F)c(C)cc1F. The van der Waals surface area contributed by atoms with Gasteiger partial charge in [-0.2, -0.15) is 0 Å². The minimum atomic E-state index is -0.774. The fourth-order valence-electron chi connectivity index (χ4n) is 2.00. The molecule has 0 amide bonds. The summed E-state index contributed by atoms with van der Waals surface area (Å²) in [6, 6.07) is 6.50. The number of aryl methyl sites for hydroxylation is 1. The van der Waals surface area contributed by atoms with E-state index in [1.165, 1.54) is 13.0 Å². The summed E-state index contributed by atoms with van der Waals surface area (Å²) in [6.07, 6.45) is 0. The minimum absolute atomic E-state index is 0.110. The quantitative estimate of drug-likeness (QED) is 0.693. The number of nitrogens with two attached hydrogens (primary N) is 1. The average Bonchev–Trinajstić information content (AvgIpc) is 2.44. The van der Waals surface area contributed by atoms with Gasteiger partial charge in [-0.15, -0.1) is 0 Å². The maximum Gasteiger partial charge on any atom is 0.199 e. The summed E-state index contributed by atoms with van der Waals surface area (Å²) in [5.41, 5.74) is 5.95. The lowest BCUT2D eigenvalue weighted by atomic mass is 10.00. The molecule has 110 valence electrons. The van der Waals surface area contributed by atoms with Gasteiger partial charge in [0.1, 0.15) is 11.6 Å². The Kier molecular flexibility index (Phi) is 4.21. The van der Waals surface area contributed by atoms with Crippen LogP contribution in [-0.2, 0) is 0 Å². The molecule has 2 rings (SSSR count). The second kappa shape index (κ2) is 5.91. The van der Waals surface area contributed by atoms with Gasteiger partial charge < -0.3 is 10.5 Å². The first-order chi connectivity index (χ1) is 9.95. The Balaban J connectivity index is 2.55. The lowest BCUT2D eigenvalue weighted by Crippen LogP contribution is -2.10. The number of hydrogen-bond acceptors (Lipinski definition) is 3. The molecule has 0 radical (unpaired) electrons. The van der Waals surface area contributed by atoms with Crippen molar-refractivity contribution in [3.63, 3.8) is 0 Å². The molecule has 0 aliphatic rings. The van der Waals surface area contributed by atoms with Gasteiger partial charge in [0.05, 0.1) is 23.4 Å². The van der Waals surface area contributed by atoms with Gasteiger partial charge in [0, 0.05) is 0 Å². The number of carbonyl (C=O) groups is 1. The molecule has 2 aromatic rings. The summed E-state index contributed by atoms with van der Waals surface area (Å²) in [5.74, 6) is -1.89. The van der Waals surface area contributed by atoms with E-state index in [4.69, 9.17) is 10.5 Å². The predicted molar refractivity (Wildman–Crippen MR) is 76.6 cm³/mol. The van der Waals surface area contributed by atoms with E-state index in [0.29, 0.717) is 6.61 Å². The molecule has 0 bridgehead atoms. The Morgan fingerprint density at radius 3 is 2.57 bits per heavy atom. The van der Waals surface area contributed by atoms with Crippen LogP contribution < -0.4 is 10.5 Å². The number of nitrogen functional groups attached to an aromatic ring is 1. The molecule has 0 aliphatic carbocycles. The molecular weight excluding hydrogens is 276 g/mol. The maximum atomic E-state index is 13.9. The Labute approximate surface area is 121 Å². The zero-order chi connectivity index (χ0) is 15.6. The largest absolute Gasteiger partial charge is 0.491 e. The predicted octanol–water partition coefficient (Wildman–Crippen LogP) is 3.49. The molecule has 2 N–H and O–H groups in total. The highest BCUT2D eigenvalue weighted by Crippen LogP contribution is 2.29. The first-order valence-corrected chi connectivity index (χ1v) is 6.47. The fourth-order valence-corrected chi connectivity index (χ4v) is 2.00. The van der Waals surface area contributed by atoms with Gasteiger partial charge in [-0.05, 0) is 43.7 Å². The molecule has 0 atom stereocenters. The van der Waals surface area contributed by atoms with Crippen LogP contribution >= 0.6 is 0 Å². The summed E-state index contributed by atoms with van der Waals surface area (Å²) in [5, 5.41) is 0. The van der Waals surface area contributed by atoms with Gasteiger partial charge in [-0.25, -0.2) is 8.78 Å². The zero-order valence-electron chi connectivity index (χ0n) is 11.7. The van der Waals surface area contributed by atoms with Crippen LogP contribution in [0.4, 0.5) is 14.5 Å². The van der Waals surface area contributed by atoms with Crippen LogP contribution in [-0.4, -0.2) is 12.4 Å². The second-order valence-corrected chi connectivity index (χ2v) is 4.57. The third kappa shape index (κ3) is 2.86. The molecule has 21 heavy (non-hydrogen) atoms. The van der Waals surface area contributed by atoms with Crippen molar-refractivity contribution in [1.29, 1.82) is 0 Å². The van der Waals surface area contributed by atoms with Gasteiger partial charge >= 0.3 is 0 Å². The van der Waals surface area contributed by atoms with Crippen LogP contribution in [0.2, 0.25) is 0 Å². The molecule has 0 aliphatic heterocycles. The molecule has 0 fully saturated rings. The summed E-state index contributed by atoms with van der Waals surface area (Å²) in [4.78, 5) is 12.4. The van der Waals surface area contributed by atoms with E-state index in [1.807, 2.05) is 0 Å². The Bertz CT molecular complexity index is 699. The summed E-state index contributed by atoms with van der Waals surface area (Å²) in [7, 11) is 0. The van der Waals surface area contributed by atoms with E-state index < -0.39 is 17.4 Å². The Hall–Kier alpha value is -2.43. The molecule has 0 saturated carbocycles. The standard InChI is InChI=1S/C16H15F2NO2/c1-3-21-16-10(5-4-6-14(16)19)15(20)11-8-12(17)9(2)7-13(11)18/h4-8H,3,19H2,1-2H3. The highest BCUT2D eigenvalue weighted by Gasteiger charge is 2.21. The van der Waals surface area contributed by atoms with Crippen molar-refractivity contribution < 1.29 is 18.3 Å². The van der Waals surface area contributed by atoms with E-state index in [-0.39, 0.29) is 28.1 Å². The molecule has 2 aromatic carbocycles. The first-order valence-electron chi connectivity index (χ1n) is 6.47. The minimum Gasteiger partial charge on any atom is -0.491 e. The van der Waals surface area contributed by atoms with Crippen molar-refractivity contribution in [1.82, 2.24) is 0 Å². The van der Waals surface area contributed by atoms with Crippen LogP contribution in [0.25, 0.3) is 0 Å². The van der Waals surface area contributed by atoms with E-state index >= 15 is 0 Å². The average molecular weight is 291 g/mol. The van der Waals surface area contributed by atoms with Gasteiger partial charge in [0.2, 0.25) is 0 Å². The highest BCUT2D eigenvalue weighted by molar-refractivity contribution is 6.11. The lowest BCUT2D eigenvalue weighted by Gasteiger charge is -2.12. The maximum absolute atomic E-state index is 13.9. The summed E-state index contributed by atoms with van der Waals surface area (Å²) < 4.78 is 32.9. The molecule has 3 nitrogen and oxygen atoms in total. The van der Waals surface area contributed by atoms with E-state index in [9.17, 15) is 13.6 Å². The zero-order valence-corrected chi connectivity index (χ0v) is 11.7. The number of carbonyl (C=O) groups excluding carboxylic acids is 1. The monoisotopic (exact) mass is 291 g/mol. The van der Waals surface area contributed by atoms with Crippen LogP contribution in [0.5, 0.6) is 5.75 Å². The van der Waals surface area contributed by atoms with Crippen molar-refractivity contribution in [3.05, 3.63) is 58.7 Å². The third-order valence-electron chi connectivity index (χ3n) is 3.07. The molecule has 0 heterocycles. The van der Waals surface area contributed by atoms with Gasteiger partial charge in [0.25, 0.3) is 0 Å². The lowest BCUT2D eigenvalue weighted by molar-refractivity contribution is 0.103. The number of anilines is 1.